The highest BCUT2D eigenvalue weighted by atomic mass is 16.5. The maximum Gasteiger partial charge on any atom is 0.284 e. The molecule has 1 amide bonds. The van der Waals surface area contributed by atoms with Gasteiger partial charge in [0.05, 0.1) is 6.10 Å². The van der Waals surface area contributed by atoms with Crippen LogP contribution < -0.4 is 15.9 Å². The molecule has 1 atom stereocenters. The van der Waals surface area contributed by atoms with Crippen LogP contribution in [0.3, 0.4) is 0 Å². The summed E-state index contributed by atoms with van der Waals surface area (Å²) < 4.78 is 10.6. The lowest BCUT2D eigenvalue weighted by Crippen LogP contribution is -2.16. The Labute approximate surface area is 108 Å². The largest absolute Gasteiger partial charge is 0.490 e. The van der Waals surface area contributed by atoms with Gasteiger partial charge in [-0.15, -0.1) is 0 Å². The molecule has 100 valence electrons. The highest BCUT2D eigenvalue weighted by Gasteiger charge is 2.13. The average molecular weight is 263 g/mol. The van der Waals surface area contributed by atoms with Crippen molar-refractivity contribution in [1.29, 1.82) is 0 Å². The second-order valence-corrected chi connectivity index (χ2v) is 4.13. The molecule has 1 heterocycles. The zero-order chi connectivity index (χ0) is 14.0. The van der Waals surface area contributed by atoms with Gasteiger partial charge in [0.15, 0.2) is 11.2 Å². The summed E-state index contributed by atoms with van der Waals surface area (Å²) in [6, 6.07) is 5.78. The number of carbonyl (C=O) groups is 1. The Balaban J connectivity index is 2.56. The van der Waals surface area contributed by atoms with Gasteiger partial charge >= 0.3 is 0 Å². The maximum absolute atomic E-state index is 12.0. The number of fused-ring (bicyclic) bond motifs is 1. The van der Waals surface area contributed by atoms with E-state index in [4.69, 9.17) is 14.9 Å². The van der Waals surface area contributed by atoms with Crippen molar-refractivity contribution < 1.29 is 19.1 Å². The van der Waals surface area contributed by atoms with Gasteiger partial charge in [0.1, 0.15) is 23.3 Å². The quantitative estimate of drug-likeness (QED) is 0.843. The van der Waals surface area contributed by atoms with Gasteiger partial charge < -0.3 is 20.0 Å². The van der Waals surface area contributed by atoms with Gasteiger partial charge in [-0.05, 0) is 19.1 Å². The summed E-state index contributed by atoms with van der Waals surface area (Å²) >= 11 is 0. The second-order valence-electron chi connectivity index (χ2n) is 4.13. The van der Waals surface area contributed by atoms with E-state index >= 15 is 0 Å². The first kappa shape index (κ1) is 13.1. The molecule has 2 rings (SSSR count). The van der Waals surface area contributed by atoms with Gasteiger partial charge in [-0.1, -0.05) is 6.07 Å². The fourth-order valence-electron chi connectivity index (χ4n) is 1.63. The third-order valence-corrected chi connectivity index (χ3v) is 2.44. The highest BCUT2D eigenvalue weighted by molar-refractivity contribution is 5.92. The van der Waals surface area contributed by atoms with E-state index in [1.807, 2.05) is 0 Å². The predicted molar refractivity (Wildman–Crippen MR) is 68.2 cm³/mol. The minimum Gasteiger partial charge on any atom is -0.490 e. The molecule has 0 spiro atoms. The molecule has 0 aliphatic heterocycles. The van der Waals surface area contributed by atoms with Gasteiger partial charge in [-0.3, -0.25) is 9.59 Å². The molecule has 1 aromatic carbocycles. The number of hydrogen-bond acceptors (Lipinski definition) is 5. The van der Waals surface area contributed by atoms with Crippen molar-refractivity contribution in [2.75, 3.05) is 6.61 Å². The van der Waals surface area contributed by atoms with Gasteiger partial charge in [0.25, 0.3) is 5.91 Å². The first-order valence-corrected chi connectivity index (χ1v) is 5.66. The third-order valence-electron chi connectivity index (χ3n) is 2.44. The standard InChI is InChI=1S/C13H13NO5/c1-7(15)6-18-9-3-2-4-10-12(9)8(16)5-11(19-10)13(14)17/h2-5,7,15H,6H2,1H3,(H2,14,17). The van der Waals surface area contributed by atoms with Crippen LogP contribution in [0.4, 0.5) is 0 Å². The number of hydrogen-bond donors (Lipinski definition) is 2. The molecule has 3 N–H and O–H groups in total. The van der Waals surface area contributed by atoms with E-state index in [1.54, 1.807) is 25.1 Å². The number of benzene rings is 1. The normalized spacial score (nSPS) is 12.3. The lowest BCUT2D eigenvalue weighted by Gasteiger charge is -2.10. The summed E-state index contributed by atoms with van der Waals surface area (Å²) in [5, 5.41) is 9.40. The molecule has 6 nitrogen and oxygen atoms in total. The predicted octanol–water partition coefficient (Wildman–Crippen LogP) is 0.652. The van der Waals surface area contributed by atoms with Crippen LogP contribution in [-0.2, 0) is 0 Å². The summed E-state index contributed by atoms with van der Waals surface area (Å²) in [6.45, 7) is 1.62. The maximum atomic E-state index is 12.0. The summed E-state index contributed by atoms with van der Waals surface area (Å²) in [5.41, 5.74) is 4.87. The van der Waals surface area contributed by atoms with Crippen LogP contribution in [0.25, 0.3) is 11.0 Å². The number of amides is 1. The van der Waals surface area contributed by atoms with Crippen molar-refractivity contribution >= 4 is 16.9 Å². The van der Waals surface area contributed by atoms with E-state index in [1.165, 1.54) is 0 Å². The summed E-state index contributed by atoms with van der Waals surface area (Å²) in [4.78, 5) is 23.0. The zero-order valence-electron chi connectivity index (χ0n) is 10.3. The molecule has 0 saturated carbocycles. The number of ether oxygens (including phenoxy) is 1. The Morgan fingerprint density at radius 1 is 1.53 bits per heavy atom. The van der Waals surface area contributed by atoms with Crippen LogP contribution in [0, 0.1) is 0 Å². The van der Waals surface area contributed by atoms with Crippen LogP contribution >= 0.6 is 0 Å². The minimum atomic E-state index is -0.811. The fraction of sp³-hybridized carbons (Fsp3) is 0.231. The number of primary amides is 1. The summed E-state index contributed by atoms with van der Waals surface area (Å²) in [5.74, 6) is -0.720. The Kier molecular flexibility index (Phi) is 3.52. The van der Waals surface area contributed by atoms with E-state index in [9.17, 15) is 14.7 Å². The summed E-state index contributed by atoms with van der Waals surface area (Å²) in [6.07, 6.45) is -0.660. The SMILES string of the molecule is CC(O)COc1cccc2oc(C(N)=O)cc(=O)c12. The van der Waals surface area contributed by atoms with E-state index in [0.717, 1.165) is 6.07 Å². The molecule has 1 aromatic heterocycles. The molecule has 2 aromatic rings. The van der Waals surface area contributed by atoms with E-state index in [2.05, 4.69) is 0 Å². The number of nitrogens with two attached hydrogens (primary N) is 1. The first-order valence-electron chi connectivity index (χ1n) is 5.66. The second kappa shape index (κ2) is 5.11. The van der Waals surface area contributed by atoms with E-state index in [-0.39, 0.29) is 23.3 Å². The van der Waals surface area contributed by atoms with Gasteiger partial charge in [0.2, 0.25) is 0 Å². The van der Waals surface area contributed by atoms with Crippen molar-refractivity contribution in [3.8, 4) is 5.75 Å². The number of aliphatic hydroxyl groups excluding tert-OH is 1. The topological polar surface area (TPSA) is 103 Å². The fourth-order valence-corrected chi connectivity index (χ4v) is 1.63. The van der Waals surface area contributed by atoms with Gasteiger partial charge in [0, 0.05) is 6.07 Å². The monoisotopic (exact) mass is 263 g/mol. The molecule has 1 unspecified atom stereocenters. The molecule has 0 aliphatic carbocycles. The Morgan fingerprint density at radius 2 is 2.26 bits per heavy atom. The van der Waals surface area contributed by atoms with E-state index < -0.39 is 17.4 Å². The molecular weight excluding hydrogens is 250 g/mol. The molecule has 6 heteroatoms. The average Bonchev–Trinajstić information content (AvgIpc) is 2.35. The van der Waals surface area contributed by atoms with Crippen molar-refractivity contribution in [2.24, 2.45) is 5.73 Å². The molecule has 19 heavy (non-hydrogen) atoms. The molecule has 0 radical (unpaired) electrons. The van der Waals surface area contributed by atoms with Crippen LogP contribution in [0.2, 0.25) is 0 Å². The van der Waals surface area contributed by atoms with Crippen molar-refractivity contribution in [3.05, 3.63) is 40.2 Å². The third kappa shape index (κ3) is 2.74. The summed E-state index contributed by atoms with van der Waals surface area (Å²) in [7, 11) is 0. The Hall–Kier alpha value is -2.34. The van der Waals surface area contributed by atoms with Crippen molar-refractivity contribution in [2.45, 2.75) is 13.0 Å². The molecular formula is C13H13NO5. The molecule has 0 saturated heterocycles. The smallest absolute Gasteiger partial charge is 0.284 e. The molecule has 0 bridgehead atoms. The lowest BCUT2D eigenvalue weighted by atomic mass is 10.2. The number of carbonyl (C=O) groups excluding carboxylic acids is 1. The lowest BCUT2D eigenvalue weighted by molar-refractivity contribution is 0.0974. The minimum absolute atomic E-state index is 0.0517. The number of rotatable bonds is 4. The Bertz CT molecular complexity index is 674. The van der Waals surface area contributed by atoms with Crippen LogP contribution in [-0.4, -0.2) is 23.7 Å². The van der Waals surface area contributed by atoms with Crippen molar-refractivity contribution in [1.82, 2.24) is 0 Å². The van der Waals surface area contributed by atoms with Gasteiger partial charge in [-0.2, -0.15) is 0 Å². The Morgan fingerprint density at radius 3 is 2.89 bits per heavy atom. The first-order chi connectivity index (χ1) is 8.99. The van der Waals surface area contributed by atoms with Gasteiger partial charge in [-0.25, -0.2) is 0 Å². The zero-order valence-corrected chi connectivity index (χ0v) is 10.3. The molecule has 0 aliphatic rings. The highest BCUT2D eigenvalue weighted by Crippen LogP contribution is 2.23. The van der Waals surface area contributed by atoms with Crippen molar-refractivity contribution in [3.63, 3.8) is 0 Å². The van der Waals surface area contributed by atoms with Crippen LogP contribution in [0.5, 0.6) is 5.75 Å². The van der Waals surface area contributed by atoms with E-state index in [0.29, 0.717) is 5.75 Å². The number of aliphatic hydroxyl groups is 1. The van der Waals surface area contributed by atoms with Crippen LogP contribution in [0.1, 0.15) is 17.5 Å². The van der Waals surface area contributed by atoms with Crippen LogP contribution in [0.15, 0.2) is 33.5 Å². The molecule has 0 fully saturated rings.